The number of carbonyl (C=O) groups is 2. The van der Waals surface area contributed by atoms with Gasteiger partial charge < -0.3 is 15.7 Å². The lowest BCUT2D eigenvalue weighted by Gasteiger charge is -2.35. The van der Waals surface area contributed by atoms with E-state index in [0.717, 1.165) is 5.56 Å². The molecule has 0 spiro atoms. The molecule has 3 rings (SSSR count). The van der Waals surface area contributed by atoms with Gasteiger partial charge in [0.25, 0.3) is 5.91 Å². The van der Waals surface area contributed by atoms with Crippen molar-refractivity contribution in [2.75, 3.05) is 52.4 Å². The van der Waals surface area contributed by atoms with Gasteiger partial charge in [-0.25, -0.2) is 4.39 Å². The Balaban J connectivity index is 1.30. The third kappa shape index (κ3) is 8.21. The zero-order valence-corrected chi connectivity index (χ0v) is 20.3. The van der Waals surface area contributed by atoms with E-state index in [-0.39, 0.29) is 18.0 Å². The fourth-order valence-corrected chi connectivity index (χ4v) is 4.27. The molecule has 0 aromatic heterocycles. The first-order chi connectivity index (χ1) is 16.3. The van der Waals surface area contributed by atoms with E-state index in [9.17, 15) is 19.1 Å². The van der Waals surface area contributed by atoms with Gasteiger partial charge in [-0.15, -0.1) is 0 Å². The molecule has 1 aliphatic rings. The van der Waals surface area contributed by atoms with Gasteiger partial charge in [0, 0.05) is 55.9 Å². The number of aliphatic hydroxyl groups excluding tert-OH is 1. The molecule has 34 heavy (non-hydrogen) atoms. The van der Waals surface area contributed by atoms with Crippen LogP contribution in [-0.4, -0.2) is 85.2 Å². The van der Waals surface area contributed by atoms with Crippen LogP contribution >= 0.6 is 23.2 Å². The second-order valence-electron chi connectivity index (χ2n) is 8.26. The summed E-state index contributed by atoms with van der Waals surface area (Å²) >= 11 is 12.1. The highest BCUT2D eigenvalue weighted by Gasteiger charge is 2.21. The Labute approximate surface area is 208 Å². The number of aliphatic hydroxyl groups is 1. The van der Waals surface area contributed by atoms with Crippen molar-refractivity contribution in [2.45, 2.75) is 12.5 Å². The van der Waals surface area contributed by atoms with Gasteiger partial charge >= 0.3 is 0 Å². The molecular weight excluding hydrogens is 482 g/mol. The third-order valence-electron chi connectivity index (χ3n) is 5.65. The maximum atomic E-state index is 13.7. The molecule has 184 valence electrons. The number of amides is 2. The highest BCUT2D eigenvalue weighted by Crippen LogP contribution is 2.21. The monoisotopic (exact) mass is 510 g/mol. The Morgan fingerprint density at radius 1 is 1.03 bits per heavy atom. The van der Waals surface area contributed by atoms with Crippen molar-refractivity contribution in [3.63, 3.8) is 0 Å². The Bertz CT molecular complexity index is 986. The first kappa shape index (κ1) is 26.4. The van der Waals surface area contributed by atoms with E-state index < -0.39 is 17.8 Å². The number of hydrogen-bond donors (Lipinski definition) is 3. The molecule has 10 heteroatoms. The van der Waals surface area contributed by atoms with Crippen molar-refractivity contribution < 1.29 is 19.1 Å². The molecule has 2 aromatic carbocycles. The van der Waals surface area contributed by atoms with Crippen LogP contribution in [0.1, 0.15) is 15.9 Å². The molecule has 1 heterocycles. The number of benzene rings is 2. The average molecular weight is 511 g/mol. The smallest absolute Gasteiger partial charge is 0.254 e. The van der Waals surface area contributed by atoms with Crippen LogP contribution in [0.4, 0.5) is 4.39 Å². The van der Waals surface area contributed by atoms with Gasteiger partial charge in [-0.1, -0.05) is 41.4 Å². The molecule has 1 aliphatic heterocycles. The summed E-state index contributed by atoms with van der Waals surface area (Å²) in [5.74, 6) is -1.19. The molecular formula is C24H29Cl2FN4O3. The molecule has 0 radical (unpaired) electrons. The van der Waals surface area contributed by atoms with Crippen LogP contribution in [-0.2, 0) is 11.2 Å². The summed E-state index contributed by atoms with van der Waals surface area (Å²) in [6.07, 6.45) is -0.147. The molecule has 0 saturated carbocycles. The van der Waals surface area contributed by atoms with Gasteiger partial charge in [0.2, 0.25) is 5.91 Å². The van der Waals surface area contributed by atoms with Crippen molar-refractivity contribution >= 4 is 35.0 Å². The molecule has 3 N–H and O–H groups in total. The number of piperazine rings is 1. The van der Waals surface area contributed by atoms with Crippen LogP contribution in [0.25, 0.3) is 0 Å². The van der Waals surface area contributed by atoms with E-state index in [0.29, 0.717) is 62.3 Å². The van der Waals surface area contributed by atoms with E-state index in [2.05, 4.69) is 20.4 Å². The fraction of sp³-hybridized carbons (Fsp3) is 0.417. The minimum atomic E-state index is -0.773. The maximum absolute atomic E-state index is 13.7. The number of halogens is 3. The van der Waals surface area contributed by atoms with E-state index in [4.69, 9.17) is 23.2 Å². The highest BCUT2D eigenvalue weighted by molar-refractivity contribution is 6.35. The quantitative estimate of drug-likeness (QED) is 0.456. The second-order valence-corrected chi connectivity index (χ2v) is 9.10. The number of rotatable bonds is 10. The van der Waals surface area contributed by atoms with Gasteiger partial charge in [-0.2, -0.15) is 0 Å². The Morgan fingerprint density at radius 2 is 1.74 bits per heavy atom. The molecule has 1 unspecified atom stereocenters. The topological polar surface area (TPSA) is 84.9 Å². The van der Waals surface area contributed by atoms with Crippen LogP contribution in [0.15, 0.2) is 42.5 Å². The normalized spacial score (nSPS) is 15.6. The van der Waals surface area contributed by atoms with Crippen molar-refractivity contribution in [1.82, 2.24) is 20.4 Å². The minimum absolute atomic E-state index is 0.0351. The number of β-amino-alcohol motifs (C(OH)–C–C–N with tert-alkyl or cyclic N) is 1. The lowest BCUT2D eigenvalue weighted by Crippen LogP contribution is -2.52. The third-order valence-corrected chi connectivity index (χ3v) is 6.24. The Morgan fingerprint density at radius 3 is 2.44 bits per heavy atom. The van der Waals surface area contributed by atoms with E-state index in [1.165, 1.54) is 18.2 Å². The molecule has 1 saturated heterocycles. The van der Waals surface area contributed by atoms with Crippen LogP contribution < -0.4 is 10.6 Å². The molecule has 2 aromatic rings. The van der Waals surface area contributed by atoms with Gasteiger partial charge in [0.15, 0.2) is 0 Å². The van der Waals surface area contributed by atoms with E-state index in [1.54, 1.807) is 18.2 Å². The predicted octanol–water partition coefficient (Wildman–Crippen LogP) is 2.20. The SMILES string of the molecule is O=C(CN1CCN(CC(O)CNC(=O)c2ccccc2F)CC1)NCCc1ccc(Cl)cc1Cl. The fourth-order valence-electron chi connectivity index (χ4n) is 3.76. The summed E-state index contributed by atoms with van der Waals surface area (Å²) in [5.41, 5.74) is 0.890. The van der Waals surface area contributed by atoms with Gasteiger partial charge in [0.1, 0.15) is 5.82 Å². The van der Waals surface area contributed by atoms with Crippen LogP contribution in [0.2, 0.25) is 10.0 Å². The summed E-state index contributed by atoms with van der Waals surface area (Å²) in [5, 5.41) is 16.9. The molecule has 1 atom stereocenters. The molecule has 0 bridgehead atoms. The molecule has 1 fully saturated rings. The number of nitrogens with one attached hydrogen (secondary N) is 2. The number of nitrogens with zero attached hydrogens (tertiary/aromatic N) is 2. The Hall–Kier alpha value is -2.23. The summed E-state index contributed by atoms with van der Waals surface area (Å²) in [6.45, 7) is 4.02. The molecule has 0 aliphatic carbocycles. The van der Waals surface area contributed by atoms with Gasteiger partial charge in [0.05, 0.1) is 18.2 Å². The highest BCUT2D eigenvalue weighted by atomic mass is 35.5. The van der Waals surface area contributed by atoms with Crippen molar-refractivity contribution in [2.24, 2.45) is 0 Å². The number of hydrogen-bond acceptors (Lipinski definition) is 5. The zero-order valence-electron chi connectivity index (χ0n) is 18.8. The summed E-state index contributed by atoms with van der Waals surface area (Å²) in [4.78, 5) is 28.5. The first-order valence-corrected chi connectivity index (χ1v) is 11.9. The number of carbonyl (C=O) groups excluding carboxylic acids is 2. The largest absolute Gasteiger partial charge is 0.390 e. The minimum Gasteiger partial charge on any atom is -0.390 e. The molecule has 7 nitrogen and oxygen atoms in total. The Kier molecular flexibility index (Phi) is 10.1. The lowest BCUT2D eigenvalue weighted by molar-refractivity contribution is -0.122. The van der Waals surface area contributed by atoms with Crippen LogP contribution in [0.5, 0.6) is 0 Å². The summed E-state index contributed by atoms with van der Waals surface area (Å²) < 4.78 is 13.7. The first-order valence-electron chi connectivity index (χ1n) is 11.2. The van der Waals surface area contributed by atoms with Gasteiger partial charge in [-0.05, 0) is 36.2 Å². The summed E-state index contributed by atoms with van der Waals surface area (Å²) in [6, 6.07) is 11.0. The van der Waals surface area contributed by atoms with Crippen LogP contribution in [0, 0.1) is 5.82 Å². The van der Waals surface area contributed by atoms with E-state index in [1.807, 2.05) is 6.07 Å². The molecule has 2 amide bonds. The predicted molar refractivity (Wildman–Crippen MR) is 131 cm³/mol. The average Bonchev–Trinajstić information content (AvgIpc) is 2.80. The van der Waals surface area contributed by atoms with Crippen molar-refractivity contribution in [1.29, 1.82) is 0 Å². The van der Waals surface area contributed by atoms with E-state index >= 15 is 0 Å². The second kappa shape index (κ2) is 13.0. The van der Waals surface area contributed by atoms with Gasteiger partial charge in [-0.3, -0.25) is 19.4 Å². The standard InChI is InChI=1S/C24H29Cl2FN4O3/c25-18-6-5-17(21(26)13-18)7-8-28-23(33)16-31-11-9-30(10-12-31)15-19(32)14-29-24(34)20-3-1-2-4-22(20)27/h1-6,13,19,32H,7-12,14-16H2,(H,28,33)(H,29,34). The maximum Gasteiger partial charge on any atom is 0.254 e. The lowest BCUT2D eigenvalue weighted by atomic mass is 10.1. The van der Waals surface area contributed by atoms with Crippen molar-refractivity contribution in [3.8, 4) is 0 Å². The summed E-state index contributed by atoms with van der Waals surface area (Å²) in [7, 11) is 0. The van der Waals surface area contributed by atoms with Crippen molar-refractivity contribution in [3.05, 3.63) is 69.5 Å². The zero-order chi connectivity index (χ0) is 24.5. The van der Waals surface area contributed by atoms with Crippen LogP contribution in [0.3, 0.4) is 0 Å².